The minimum atomic E-state index is -0.468. The van der Waals surface area contributed by atoms with Crippen LogP contribution >= 0.6 is 0 Å². The molecule has 0 saturated heterocycles. The van der Waals surface area contributed by atoms with Crippen molar-refractivity contribution in [3.8, 4) is 11.3 Å². The number of benzene rings is 2. The number of rotatable bonds is 5. The Bertz CT molecular complexity index is 826. The number of alkyl carbamates (subject to hydrolysis) is 1. The largest absolute Gasteiger partial charge is 0.445 e. The fourth-order valence-corrected chi connectivity index (χ4v) is 2.45. The number of H-pyrrole nitrogens is 1. The molecule has 2 N–H and O–H groups in total. The Labute approximate surface area is 147 Å². The van der Waals surface area contributed by atoms with Gasteiger partial charge in [-0.1, -0.05) is 60.2 Å². The summed E-state index contributed by atoms with van der Waals surface area (Å²) in [6, 6.07) is 17.5. The van der Waals surface area contributed by atoms with Crippen molar-refractivity contribution in [3.63, 3.8) is 0 Å². The number of carbonyl (C=O) groups excluding carboxylic acids is 1. The highest BCUT2D eigenvalue weighted by atomic mass is 16.5. The van der Waals surface area contributed by atoms with Gasteiger partial charge in [0.1, 0.15) is 12.4 Å². The van der Waals surface area contributed by atoms with Crippen molar-refractivity contribution < 1.29 is 9.53 Å². The molecule has 0 fully saturated rings. The molecule has 1 amide bonds. The number of hydrogen-bond acceptors (Lipinski definition) is 3. The third-order valence-electron chi connectivity index (χ3n) is 3.92. The summed E-state index contributed by atoms with van der Waals surface area (Å²) in [6.07, 6.45) is 1.30. The van der Waals surface area contributed by atoms with E-state index in [0.29, 0.717) is 5.82 Å². The van der Waals surface area contributed by atoms with Crippen LogP contribution in [0, 0.1) is 6.92 Å². The fourth-order valence-electron chi connectivity index (χ4n) is 2.45. The Morgan fingerprint density at radius 2 is 1.88 bits per heavy atom. The van der Waals surface area contributed by atoms with Crippen LogP contribution in [-0.2, 0) is 11.3 Å². The molecule has 25 heavy (non-hydrogen) atoms. The fraction of sp³-hybridized carbons (Fsp3) is 0.200. The molecule has 0 aliphatic carbocycles. The van der Waals surface area contributed by atoms with E-state index in [1.807, 2.05) is 49.4 Å². The molecule has 2 aromatic carbocycles. The molecular weight excluding hydrogens is 314 g/mol. The van der Waals surface area contributed by atoms with E-state index in [1.165, 1.54) is 5.56 Å². The highest BCUT2D eigenvalue weighted by Crippen LogP contribution is 2.19. The van der Waals surface area contributed by atoms with E-state index in [4.69, 9.17) is 4.74 Å². The summed E-state index contributed by atoms with van der Waals surface area (Å²) in [4.78, 5) is 19.5. The number of aromatic amines is 1. The van der Waals surface area contributed by atoms with Crippen molar-refractivity contribution in [3.05, 3.63) is 77.7 Å². The van der Waals surface area contributed by atoms with Crippen LogP contribution in [-0.4, -0.2) is 16.1 Å². The lowest BCUT2D eigenvalue weighted by molar-refractivity contribution is 0.136. The first kappa shape index (κ1) is 16.8. The van der Waals surface area contributed by atoms with Crippen molar-refractivity contribution in [2.45, 2.75) is 26.5 Å². The summed E-state index contributed by atoms with van der Waals surface area (Å²) in [6.45, 7) is 4.16. The van der Waals surface area contributed by atoms with Crippen LogP contribution in [0.2, 0.25) is 0 Å². The Morgan fingerprint density at radius 3 is 2.60 bits per heavy atom. The molecule has 0 spiro atoms. The van der Waals surface area contributed by atoms with E-state index in [9.17, 15) is 4.79 Å². The third-order valence-corrected chi connectivity index (χ3v) is 3.92. The second kappa shape index (κ2) is 7.66. The number of carbonyl (C=O) groups is 1. The first-order valence-electron chi connectivity index (χ1n) is 8.21. The van der Waals surface area contributed by atoms with Crippen molar-refractivity contribution in [2.24, 2.45) is 0 Å². The van der Waals surface area contributed by atoms with E-state index >= 15 is 0 Å². The maximum Gasteiger partial charge on any atom is 0.408 e. The van der Waals surface area contributed by atoms with Gasteiger partial charge in [-0.2, -0.15) is 0 Å². The zero-order valence-corrected chi connectivity index (χ0v) is 14.3. The van der Waals surface area contributed by atoms with Gasteiger partial charge in [-0.25, -0.2) is 9.78 Å². The Balaban J connectivity index is 1.57. The lowest BCUT2D eigenvalue weighted by atomic mass is 10.1. The average molecular weight is 335 g/mol. The molecule has 1 aromatic heterocycles. The van der Waals surface area contributed by atoms with Crippen LogP contribution in [0.25, 0.3) is 11.3 Å². The zero-order valence-electron chi connectivity index (χ0n) is 14.3. The van der Waals surface area contributed by atoms with Gasteiger partial charge < -0.3 is 15.0 Å². The van der Waals surface area contributed by atoms with Crippen LogP contribution in [0.1, 0.15) is 29.9 Å². The minimum Gasteiger partial charge on any atom is -0.445 e. The molecule has 1 atom stereocenters. The summed E-state index contributed by atoms with van der Waals surface area (Å²) in [5, 5.41) is 2.79. The minimum absolute atomic E-state index is 0.242. The Morgan fingerprint density at radius 1 is 1.16 bits per heavy atom. The lowest BCUT2D eigenvalue weighted by Crippen LogP contribution is -2.27. The first-order chi connectivity index (χ1) is 12.1. The first-order valence-corrected chi connectivity index (χ1v) is 8.21. The van der Waals surface area contributed by atoms with Gasteiger partial charge in [0.05, 0.1) is 17.9 Å². The maximum absolute atomic E-state index is 11.9. The standard InChI is InChI=1S/C20H21N3O2/c1-14-8-10-17(11-9-14)18-12-21-19(23-18)15(2)22-20(24)25-13-16-6-4-3-5-7-16/h3-12,15H,13H2,1-2H3,(H,21,23)(H,22,24)/t15-/m0/s1. The van der Waals surface area contributed by atoms with Gasteiger partial charge in [0.25, 0.3) is 0 Å². The molecule has 1 heterocycles. The van der Waals surface area contributed by atoms with Gasteiger partial charge in [-0.15, -0.1) is 0 Å². The predicted octanol–water partition coefficient (Wildman–Crippen LogP) is 4.37. The van der Waals surface area contributed by atoms with Crippen molar-refractivity contribution in [1.29, 1.82) is 0 Å². The number of amides is 1. The molecular formula is C20H21N3O2. The predicted molar refractivity (Wildman–Crippen MR) is 96.9 cm³/mol. The highest BCUT2D eigenvalue weighted by molar-refractivity contribution is 5.67. The maximum atomic E-state index is 11.9. The summed E-state index contributed by atoms with van der Waals surface area (Å²) in [5.74, 6) is 0.687. The van der Waals surface area contributed by atoms with E-state index in [0.717, 1.165) is 16.8 Å². The van der Waals surface area contributed by atoms with Crippen LogP contribution in [0.5, 0.6) is 0 Å². The van der Waals surface area contributed by atoms with Gasteiger partial charge in [0.15, 0.2) is 0 Å². The number of aryl methyl sites for hydroxylation is 1. The molecule has 0 bridgehead atoms. The third kappa shape index (κ3) is 4.47. The van der Waals surface area contributed by atoms with E-state index in [1.54, 1.807) is 6.20 Å². The second-order valence-corrected chi connectivity index (χ2v) is 5.98. The number of aromatic nitrogens is 2. The summed E-state index contributed by atoms with van der Waals surface area (Å²) in [5.41, 5.74) is 4.13. The van der Waals surface area contributed by atoms with Gasteiger partial charge in [0.2, 0.25) is 0 Å². The zero-order chi connectivity index (χ0) is 17.6. The molecule has 5 nitrogen and oxygen atoms in total. The van der Waals surface area contributed by atoms with E-state index in [2.05, 4.69) is 34.3 Å². The molecule has 0 saturated carbocycles. The number of nitrogens with zero attached hydrogens (tertiary/aromatic N) is 1. The summed E-state index contributed by atoms with van der Waals surface area (Å²) < 4.78 is 5.23. The van der Waals surface area contributed by atoms with Gasteiger partial charge in [-0.05, 0) is 25.0 Å². The van der Waals surface area contributed by atoms with Gasteiger partial charge in [0, 0.05) is 0 Å². The van der Waals surface area contributed by atoms with Gasteiger partial charge >= 0.3 is 6.09 Å². The second-order valence-electron chi connectivity index (χ2n) is 5.98. The van der Waals surface area contributed by atoms with Crippen LogP contribution < -0.4 is 5.32 Å². The molecule has 0 unspecified atom stereocenters. The van der Waals surface area contributed by atoms with Crippen molar-refractivity contribution in [2.75, 3.05) is 0 Å². The summed E-state index contributed by atoms with van der Waals surface area (Å²) >= 11 is 0. The van der Waals surface area contributed by atoms with Gasteiger partial charge in [-0.3, -0.25) is 0 Å². The number of imidazole rings is 1. The number of hydrogen-bond donors (Lipinski definition) is 2. The number of nitrogens with one attached hydrogen (secondary N) is 2. The molecule has 0 radical (unpaired) electrons. The molecule has 3 aromatic rings. The molecule has 0 aliphatic heterocycles. The quantitative estimate of drug-likeness (QED) is 0.727. The lowest BCUT2D eigenvalue weighted by Gasteiger charge is -2.12. The summed E-state index contributed by atoms with van der Waals surface area (Å²) in [7, 11) is 0. The Kier molecular flexibility index (Phi) is 5.14. The average Bonchev–Trinajstić information content (AvgIpc) is 3.12. The van der Waals surface area contributed by atoms with Crippen molar-refractivity contribution >= 4 is 6.09 Å². The van der Waals surface area contributed by atoms with Crippen molar-refractivity contribution in [1.82, 2.24) is 15.3 Å². The van der Waals surface area contributed by atoms with E-state index < -0.39 is 6.09 Å². The number of ether oxygens (including phenoxy) is 1. The van der Waals surface area contributed by atoms with Crippen LogP contribution in [0.4, 0.5) is 4.79 Å². The molecule has 0 aliphatic rings. The smallest absolute Gasteiger partial charge is 0.408 e. The van der Waals surface area contributed by atoms with Crippen LogP contribution in [0.15, 0.2) is 60.8 Å². The molecule has 128 valence electrons. The topological polar surface area (TPSA) is 67.0 Å². The molecule has 5 heteroatoms. The van der Waals surface area contributed by atoms with Crippen LogP contribution in [0.3, 0.4) is 0 Å². The normalized spacial score (nSPS) is 11.8. The Hall–Kier alpha value is -3.08. The van der Waals surface area contributed by atoms with E-state index in [-0.39, 0.29) is 12.6 Å². The molecule has 3 rings (SSSR count). The highest BCUT2D eigenvalue weighted by Gasteiger charge is 2.14. The SMILES string of the molecule is Cc1ccc(-c2cnc([C@H](C)NC(=O)OCc3ccccc3)[nH]2)cc1. The monoisotopic (exact) mass is 335 g/mol.